The molecule has 152 valence electrons. The number of esters is 1. The van der Waals surface area contributed by atoms with Gasteiger partial charge in [-0.1, -0.05) is 12.1 Å². The lowest BCUT2D eigenvalue weighted by Crippen LogP contribution is -2.40. The number of ether oxygens (including phenoxy) is 1. The van der Waals surface area contributed by atoms with Gasteiger partial charge in [0.05, 0.1) is 29.8 Å². The number of para-hydroxylation sites is 2. The standard InChI is InChI=1S/C21H23N3O5/c25-19(18-7-3-13-28-18)23-11-8-15(9-12-23)20(26)29-14-4-10-24-17-6-2-1-5-16(17)22-21(24)27/h1-3,5-7,13,15H,4,8-12,14H2,(H,22,27). The number of aromatic nitrogens is 2. The maximum absolute atomic E-state index is 12.3. The Balaban J connectivity index is 1.22. The van der Waals surface area contributed by atoms with Crippen molar-refractivity contribution in [1.29, 1.82) is 0 Å². The molecule has 0 atom stereocenters. The second-order valence-corrected chi connectivity index (χ2v) is 7.16. The minimum absolute atomic E-state index is 0.147. The first-order valence-electron chi connectivity index (χ1n) is 9.80. The first-order valence-corrected chi connectivity index (χ1v) is 9.80. The zero-order valence-electron chi connectivity index (χ0n) is 16.0. The van der Waals surface area contributed by atoms with Crippen LogP contribution in [0.25, 0.3) is 11.0 Å². The van der Waals surface area contributed by atoms with Crippen LogP contribution in [0.1, 0.15) is 29.8 Å². The average Bonchev–Trinajstić information content (AvgIpc) is 3.38. The van der Waals surface area contributed by atoms with Gasteiger partial charge in [-0.3, -0.25) is 14.2 Å². The van der Waals surface area contributed by atoms with Crippen molar-refractivity contribution in [2.24, 2.45) is 5.92 Å². The molecular formula is C21H23N3O5. The van der Waals surface area contributed by atoms with Gasteiger partial charge in [-0.15, -0.1) is 0 Å². The molecule has 8 nitrogen and oxygen atoms in total. The summed E-state index contributed by atoms with van der Waals surface area (Å²) >= 11 is 0. The highest BCUT2D eigenvalue weighted by molar-refractivity contribution is 5.91. The van der Waals surface area contributed by atoms with Crippen molar-refractivity contribution in [1.82, 2.24) is 14.5 Å². The Labute approximate surface area is 167 Å². The van der Waals surface area contributed by atoms with Crippen LogP contribution in [-0.2, 0) is 16.1 Å². The minimum Gasteiger partial charge on any atom is -0.465 e. The molecule has 0 bridgehead atoms. The maximum Gasteiger partial charge on any atom is 0.326 e. The summed E-state index contributed by atoms with van der Waals surface area (Å²) in [6, 6.07) is 10.8. The molecule has 1 fully saturated rings. The summed E-state index contributed by atoms with van der Waals surface area (Å²) < 4.78 is 12.2. The molecule has 1 amide bonds. The van der Waals surface area contributed by atoms with Crippen LogP contribution in [0.2, 0.25) is 0 Å². The fourth-order valence-corrected chi connectivity index (χ4v) is 3.72. The Morgan fingerprint density at radius 3 is 2.69 bits per heavy atom. The van der Waals surface area contributed by atoms with E-state index in [1.54, 1.807) is 21.6 Å². The third kappa shape index (κ3) is 4.11. The van der Waals surface area contributed by atoms with Gasteiger partial charge in [0.1, 0.15) is 0 Å². The molecule has 1 aliphatic heterocycles. The molecule has 1 aliphatic rings. The molecule has 0 saturated carbocycles. The number of nitrogens with zero attached hydrogens (tertiary/aromatic N) is 2. The first kappa shape index (κ1) is 19.0. The van der Waals surface area contributed by atoms with E-state index >= 15 is 0 Å². The van der Waals surface area contributed by atoms with Gasteiger partial charge in [-0.2, -0.15) is 0 Å². The molecule has 1 aromatic carbocycles. The number of fused-ring (bicyclic) bond motifs is 1. The number of amides is 1. The fraction of sp³-hybridized carbons (Fsp3) is 0.381. The van der Waals surface area contributed by atoms with Gasteiger partial charge in [-0.05, 0) is 43.5 Å². The molecule has 0 aliphatic carbocycles. The van der Waals surface area contributed by atoms with Gasteiger partial charge < -0.3 is 19.0 Å². The number of aromatic amines is 1. The number of carbonyl (C=O) groups is 2. The lowest BCUT2D eigenvalue weighted by molar-refractivity contribution is -0.150. The second kappa shape index (κ2) is 8.38. The molecule has 1 N–H and O–H groups in total. The number of likely N-dealkylation sites (tertiary alicyclic amines) is 1. The molecular weight excluding hydrogens is 374 g/mol. The van der Waals surface area contributed by atoms with Gasteiger partial charge in [0.2, 0.25) is 0 Å². The van der Waals surface area contributed by atoms with Crippen molar-refractivity contribution >= 4 is 22.9 Å². The van der Waals surface area contributed by atoms with Gasteiger partial charge in [0.25, 0.3) is 5.91 Å². The van der Waals surface area contributed by atoms with Crippen LogP contribution in [0.3, 0.4) is 0 Å². The van der Waals surface area contributed by atoms with Crippen molar-refractivity contribution < 1.29 is 18.7 Å². The van der Waals surface area contributed by atoms with E-state index in [-0.39, 0.29) is 30.1 Å². The number of carbonyl (C=O) groups excluding carboxylic acids is 2. The van der Waals surface area contributed by atoms with Gasteiger partial charge in [0.15, 0.2) is 5.76 Å². The normalized spacial score (nSPS) is 15.0. The predicted molar refractivity (Wildman–Crippen MR) is 105 cm³/mol. The van der Waals surface area contributed by atoms with Gasteiger partial charge in [-0.25, -0.2) is 4.79 Å². The average molecular weight is 397 g/mol. The van der Waals surface area contributed by atoms with E-state index in [4.69, 9.17) is 9.15 Å². The van der Waals surface area contributed by atoms with E-state index in [9.17, 15) is 14.4 Å². The summed E-state index contributed by atoms with van der Waals surface area (Å²) in [6.07, 6.45) is 3.19. The van der Waals surface area contributed by atoms with E-state index in [0.717, 1.165) is 11.0 Å². The summed E-state index contributed by atoms with van der Waals surface area (Å²) in [4.78, 5) is 41.2. The molecule has 29 heavy (non-hydrogen) atoms. The van der Waals surface area contributed by atoms with Crippen molar-refractivity contribution in [3.8, 4) is 0 Å². The molecule has 2 aromatic heterocycles. The minimum atomic E-state index is -0.235. The van der Waals surface area contributed by atoms with Crippen LogP contribution >= 0.6 is 0 Å². The van der Waals surface area contributed by atoms with Crippen LogP contribution in [0, 0.1) is 5.92 Å². The predicted octanol–water partition coefficient (Wildman–Crippen LogP) is 2.41. The molecule has 8 heteroatoms. The Morgan fingerprint density at radius 2 is 1.93 bits per heavy atom. The molecule has 0 unspecified atom stereocenters. The maximum atomic E-state index is 12.3. The Bertz CT molecular complexity index is 1040. The van der Waals surface area contributed by atoms with E-state index in [1.807, 2.05) is 24.3 Å². The van der Waals surface area contributed by atoms with E-state index in [2.05, 4.69) is 4.98 Å². The highest BCUT2D eigenvalue weighted by atomic mass is 16.5. The summed E-state index contributed by atoms with van der Waals surface area (Å²) in [5.74, 6) is -0.266. The molecule has 0 spiro atoms. The lowest BCUT2D eigenvalue weighted by Gasteiger charge is -2.30. The van der Waals surface area contributed by atoms with Crippen molar-refractivity contribution in [3.05, 3.63) is 58.9 Å². The van der Waals surface area contributed by atoms with Gasteiger partial charge >= 0.3 is 11.7 Å². The Hall–Kier alpha value is -3.29. The van der Waals surface area contributed by atoms with E-state index in [1.165, 1.54) is 6.26 Å². The number of benzene rings is 1. The van der Waals surface area contributed by atoms with Crippen LogP contribution in [0.15, 0.2) is 51.9 Å². The smallest absolute Gasteiger partial charge is 0.326 e. The van der Waals surface area contributed by atoms with E-state index in [0.29, 0.717) is 44.7 Å². The highest BCUT2D eigenvalue weighted by Gasteiger charge is 2.29. The molecule has 4 rings (SSSR count). The van der Waals surface area contributed by atoms with Crippen LogP contribution < -0.4 is 5.69 Å². The zero-order chi connectivity index (χ0) is 20.2. The summed E-state index contributed by atoms with van der Waals surface area (Å²) in [6.45, 7) is 1.75. The van der Waals surface area contributed by atoms with Crippen LogP contribution in [0.4, 0.5) is 0 Å². The van der Waals surface area contributed by atoms with Crippen molar-refractivity contribution in [3.63, 3.8) is 0 Å². The largest absolute Gasteiger partial charge is 0.465 e. The quantitative estimate of drug-likeness (QED) is 0.509. The number of H-pyrrole nitrogens is 1. The number of furan rings is 1. The number of imidazole rings is 1. The monoisotopic (exact) mass is 397 g/mol. The third-order valence-corrected chi connectivity index (χ3v) is 5.30. The van der Waals surface area contributed by atoms with Crippen LogP contribution in [-0.4, -0.2) is 46.0 Å². The lowest BCUT2D eigenvalue weighted by atomic mass is 9.97. The van der Waals surface area contributed by atoms with Crippen molar-refractivity contribution in [2.45, 2.75) is 25.8 Å². The number of aryl methyl sites for hydroxylation is 1. The molecule has 3 heterocycles. The number of hydrogen-bond acceptors (Lipinski definition) is 5. The molecule has 0 radical (unpaired) electrons. The third-order valence-electron chi connectivity index (χ3n) is 5.30. The van der Waals surface area contributed by atoms with E-state index < -0.39 is 0 Å². The number of nitrogens with one attached hydrogen (secondary N) is 1. The second-order valence-electron chi connectivity index (χ2n) is 7.16. The number of rotatable bonds is 6. The number of hydrogen-bond donors (Lipinski definition) is 1. The van der Waals surface area contributed by atoms with Crippen LogP contribution in [0.5, 0.6) is 0 Å². The van der Waals surface area contributed by atoms with Crippen molar-refractivity contribution in [2.75, 3.05) is 19.7 Å². The van der Waals surface area contributed by atoms with Gasteiger partial charge in [0, 0.05) is 19.6 Å². The summed E-state index contributed by atoms with van der Waals surface area (Å²) in [5.41, 5.74) is 1.48. The first-order chi connectivity index (χ1) is 14.1. The Morgan fingerprint density at radius 1 is 1.14 bits per heavy atom. The SMILES string of the molecule is O=C(OCCCn1c(=O)[nH]c2ccccc21)C1CCN(C(=O)c2ccco2)CC1. The molecule has 1 saturated heterocycles. The Kier molecular flexibility index (Phi) is 5.50. The topological polar surface area (TPSA) is 97.5 Å². The zero-order valence-corrected chi connectivity index (χ0v) is 16.0. The highest BCUT2D eigenvalue weighted by Crippen LogP contribution is 2.20. The summed E-state index contributed by atoms with van der Waals surface area (Å²) in [5, 5.41) is 0. The number of piperidine rings is 1. The fourth-order valence-electron chi connectivity index (χ4n) is 3.72. The molecule has 3 aromatic rings. The summed E-state index contributed by atoms with van der Waals surface area (Å²) in [7, 11) is 0.